The van der Waals surface area contributed by atoms with Crippen LogP contribution in [0.4, 0.5) is 0 Å². The molecule has 1 aliphatic rings. The summed E-state index contributed by atoms with van der Waals surface area (Å²) in [5.41, 5.74) is 4.96. The van der Waals surface area contributed by atoms with Crippen LogP contribution in [0.2, 0.25) is 0 Å². The van der Waals surface area contributed by atoms with E-state index in [9.17, 15) is 0 Å². The highest BCUT2D eigenvalue weighted by Crippen LogP contribution is 2.23. The zero-order valence-electron chi connectivity index (χ0n) is 20.4. The standard InChI is InChI=1S/C26H38N4O2.HI/c1-5-30(6-2)18-23-10-8-7-9-21(23)16-28-26(27-4)29-17-22-12-11-20(3)15-25(22)32-24-13-14-31-19-24;/h7-12,15,24H,5-6,13-14,16-19H2,1-4H3,(H2,27,28,29);1H. The van der Waals surface area contributed by atoms with Gasteiger partial charge in [-0.1, -0.05) is 50.2 Å². The maximum absolute atomic E-state index is 6.23. The molecule has 0 amide bonds. The second kappa shape index (κ2) is 14.4. The number of aliphatic imine (C=N–C) groups is 1. The first-order valence-corrected chi connectivity index (χ1v) is 11.7. The fourth-order valence-corrected chi connectivity index (χ4v) is 3.85. The molecule has 182 valence electrons. The number of nitrogens with zero attached hydrogens (tertiary/aromatic N) is 2. The van der Waals surface area contributed by atoms with E-state index in [0.717, 1.165) is 56.5 Å². The van der Waals surface area contributed by atoms with Crippen molar-refractivity contribution in [2.45, 2.75) is 52.9 Å². The van der Waals surface area contributed by atoms with Crippen molar-refractivity contribution in [1.29, 1.82) is 0 Å². The monoisotopic (exact) mass is 566 g/mol. The van der Waals surface area contributed by atoms with Gasteiger partial charge in [0.25, 0.3) is 0 Å². The normalized spacial score (nSPS) is 15.9. The van der Waals surface area contributed by atoms with Crippen LogP contribution in [-0.4, -0.2) is 50.3 Å². The molecule has 1 saturated heterocycles. The molecule has 2 N–H and O–H groups in total. The Morgan fingerprint density at radius 3 is 2.39 bits per heavy atom. The van der Waals surface area contributed by atoms with Gasteiger partial charge in [-0.25, -0.2) is 0 Å². The molecule has 1 atom stereocenters. The molecular formula is C26H39IN4O2. The highest BCUT2D eigenvalue weighted by molar-refractivity contribution is 14.0. The van der Waals surface area contributed by atoms with E-state index in [1.807, 2.05) is 0 Å². The van der Waals surface area contributed by atoms with Gasteiger partial charge in [-0.3, -0.25) is 9.89 Å². The van der Waals surface area contributed by atoms with Crippen molar-refractivity contribution in [3.8, 4) is 5.75 Å². The molecule has 0 spiro atoms. The van der Waals surface area contributed by atoms with Crippen LogP contribution < -0.4 is 15.4 Å². The maximum atomic E-state index is 6.23. The van der Waals surface area contributed by atoms with Gasteiger partial charge in [0.15, 0.2) is 5.96 Å². The molecular weight excluding hydrogens is 527 g/mol. The molecule has 1 heterocycles. The lowest BCUT2D eigenvalue weighted by molar-refractivity contribution is 0.140. The van der Waals surface area contributed by atoms with Crippen LogP contribution in [0.5, 0.6) is 5.75 Å². The van der Waals surface area contributed by atoms with E-state index in [4.69, 9.17) is 9.47 Å². The van der Waals surface area contributed by atoms with Crippen molar-refractivity contribution in [3.63, 3.8) is 0 Å². The highest BCUT2D eigenvalue weighted by atomic mass is 127. The molecule has 1 fully saturated rings. The number of aryl methyl sites for hydroxylation is 1. The van der Waals surface area contributed by atoms with Crippen LogP contribution in [0, 0.1) is 6.92 Å². The average molecular weight is 567 g/mol. The van der Waals surface area contributed by atoms with E-state index < -0.39 is 0 Å². The number of halogens is 1. The molecule has 2 aromatic carbocycles. The summed E-state index contributed by atoms with van der Waals surface area (Å²) in [6.07, 6.45) is 1.08. The minimum atomic E-state index is 0. The van der Waals surface area contributed by atoms with Gasteiger partial charge in [-0.2, -0.15) is 0 Å². The number of ether oxygens (including phenoxy) is 2. The zero-order valence-corrected chi connectivity index (χ0v) is 22.7. The van der Waals surface area contributed by atoms with Crippen molar-refractivity contribution >= 4 is 29.9 Å². The summed E-state index contributed by atoms with van der Waals surface area (Å²) >= 11 is 0. The van der Waals surface area contributed by atoms with Gasteiger partial charge >= 0.3 is 0 Å². The number of hydrogen-bond donors (Lipinski definition) is 2. The molecule has 0 saturated carbocycles. The predicted octanol–water partition coefficient (Wildman–Crippen LogP) is 4.49. The van der Waals surface area contributed by atoms with Crippen LogP contribution in [0.15, 0.2) is 47.5 Å². The second-order valence-electron chi connectivity index (χ2n) is 8.22. The van der Waals surface area contributed by atoms with E-state index in [1.54, 1.807) is 7.05 Å². The Hall–Kier alpha value is -1.84. The lowest BCUT2D eigenvalue weighted by atomic mass is 10.1. The number of nitrogens with one attached hydrogen (secondary N) is 2. The SMILES string of the molecule is CCN(CC)Cc1ccccc1CNC(=NC)NCc1ccc(C)cc1OC1CCOC1.I. The molecule has 0 aromatic heterocycles. The minimum Gasteiger partial charge on any atom is -0.488 e. The third-order valence-electron chi connectivity index (χ3n) is 5.93. The summed E-state index contributed by atoms with van der Waals surface area (Å²) in [5, 5.41) is 6.91. The van der Waals surface area contributed by atoms with Crippen molar-refractivity contribution in [2.24, 2.45) is 4.99 Å². The third-order valence-corrected chi connectivity index (χ3v) is 5.93. The van der Waals surface area contributed by atoms with Crippen LogP contribution >= 0.6 is 24.0 Å². The minimum absolute atomic E-state index is 0. The molecule has 6 nitrogen and oxygen atoms in total. The van der Waals surface area contributed by atoms with E-state index in [-0.39, 0.29) is 30.1 Å². The van der Waals surface area contributed by atoms with Gasteiger partial charge in [-0.05, 0) is 42.8 Å². The van der Waals surface area contributed by atoms with E-state index in [0.29, 0.717) is 13.2 Å². The molecule has 0 aliphatic carbocycles. The van der Waals surface area contributed by atoms with Crippen LogP contribution in [0.3, 0.4) is 0 Å². The van der Waals surface area contributed by atoms with Gasteiger partial charge in [0.2, 0.25) is 0 Å². The molecule has 0 bridgehead atoms. The highest BCUT2D eigenvalue weighted by Gasteiger charge is 2.19. The summed E-state index contributed by atoms with van der Waals surface area (Å²) in [5.74, 6) is 1.70. The third kappa shape index (κ3) is 8.46. The topological polar surface area (TPSA) is 58.1 Å². The van der Waals surface area contributed by atoms with Crippen molar-refractivity contribution in [2.75, 3.05) is 33.4 Å². The van der Waals surface area contributed by atoms with Gasteiger partial charge < -0.3 is 20.1 Å². The van der Waals surface area contributed by atoms with Crippen molar-refractivity contribution in [1.82, 2.24) is 15.5 Å². The first-order chi connectivity index (χ1) is 15.6. The fraction of sp³-hybridized carbons (Fsp3) is 0.500. The average Bonchev–Trinajstić information content (AvgIpc) is 3.32. The summed E-state index contributed by atoms with van der Waals surface area (Å²) in [7, 11) is 1.81. The van der Waals surface area contributed by atoms with E-state index in [1.165, 1.54) is 16.7 Å². The fourth-order valence-electron chi connectivity index (χ4n) is 3.85. The van der Waals surface area contributed by atoms with Gasteiger partial charge in [0.1, 0.15) is 11.9 Å². The van der Waals surface area contributed by atoms with Crippen LogP contribution in [0.25, 0.3) is 0 Å². The van der Waals surface area contributed by atoms with Crippen LogP contribution in [-0.2, 0) is 24.4 Å². The maximum Gasteiger partial charge on any atom is 0.191 e. The Bertz CT molecular complexity index is 880. The Morgan fingerprint density at radius 1 is 1.06 bits per heavy atom. The zero-order chi connectivity index (χ0) is 22.8. The Kier molecular flexibility index (Phi) is 12.0. The Labute approximate surface area is 216 Å². The van der Waals surface area contributed by atoms with Crippen LogP contribution in [0.1, 0.15) is 42.5 Å². The predicted molar refractivity (Wildman–Crippen MR) is 147 cm³/mol. The smallest absolute Gasteiger partial charge is 0.191 e. The molecule has 1 unspecified atom stereocenters. The van der Waals surface area contributed by atoms with E-state index in [2.05, 4.69) is 83.8 Å². The number of guanidine groups is 1. The summed E-state index contributed by atoms with van der Waals surface area (Å²) in [4.78, 5) is 6.85. The molecule has 0 radical (unpaired) electrons. The molecule has 33 heavy (non-hydrogen) atoms. The summed E-state index contributed by atoms with van der Waals surface area (Å²) in [6.45, 7) is 12.4. The molecule has 2 aromatic rings. The molecule has 1 aliphatic heterocycles. The number of rotatable bonds is 10. The lowest BCUT2D eigenvalue weighted by Crippen LogP contribution is -2.36. The summed E-state index contributed by atoms with van der Waals surface area (Å²) < 4.78 is 11.7. The lowest BCUT2D eigenvalue weighted by Gasteiger charge is -2.21. The summed E-state index contributed by atoms with van der Waals surface area (Å²) in [6, 6.07) is 15.0. The van der Waals surface area contributed by atoms with Gasteiger partial charge in [-0.15, -0.1) is 24.0 Å². The largest absolute Gasteiger partial charge is 0.488 e. The van der Waals surface area contributed by atoms with E-state index >= 15 is 0 Å². The number of hydrogen-bond acceptors (Lipinski definition) is 4. The van der Waals surface area contributed by atoms with Gasteiger partial charge in [0, 0.05) is 38.7 Å². The van der Waals surface area contributed by atoms with Crippen molar-refractivity contribution < 1.29 is 9.47 Å². The first-order valence-electron chi connectivity index (χ1n) is 11.7. The Balaban J connectivity index is 0.00000385. The molecule has 3 rings (SSSR count). The second-order valence-corrected chi connectivity index (χ2v) is 8.22. The Morgan fingerprint density at radius 2 is 1.76 bits per heavy atom. The van der Waals surface area contributed by atoms with Crippen molar-refractivity contribution in [3.05, 3.63) is 64.7 Å². The number of benzene rings is 2. The first kappa shape index (κ1) is 27.4. The quantitative estimate of drug-likeness (QED) is 0.252. The molecule has 7 heteroatoms. The van der Waals surface area contributed by atoms with Gasteiger partial charge in [0.05, 0.1) is 13.2 Å².